The summed E-state index contributed by atoms with van der Waals surface area (Å²) in [5.74, 6) is 0. The number of fused-ring (bicyclic) bond motifs is 2. The normalized spacial score (nSPS) is 17.1. The molecule has 0 spiro atoms. The average molecular weight is 279 g/mol. The fraction of sp³-hybridized carbons (Fsp3) is 0.235. The molecule has 3 N–H and O–H groups in total. The van der Waals surface area contributed by atoms with E-state index in [9.17, 15) is 4.79 Å². The summed E-state index contributed by atoms with van der Waals surface area (Å²) < 4.78 is 0. The predicted molar refractivity (Wildman–Crippen MR) is 84.8 cm³/mol. The van der Waals surface area contributed by atoms with Crippen molar-refractivity contribution in [2.24, 2.45) is 0 Å². The average Bonchev–Trinajstić information content (AvgIpc) is 3.01. The summed E-state index contributed by atoms with van der Waals surface area (Å²) in [6.07, 6.45) is 2.23. The lowest BCUT2D eigenvalue weighted by Crippen LogP contribution is -2.07. The Morgan fingerprint density at radius 1 is 1.10 bits per heavy atom. The van der Waals surface area contributed by atoms with Crippen molar-refractivity contribution in [2.75, 3.05) is 5.32 Å². The molecule has 21 heavy (non-hydrogen) atoms. The van der Waals surface area contributed by atoms with Crippen molar-refractivity contribution >= 4 is 16.7 Å². The second-order valence-corrected chi connectivity index (χ2v) is 5.78. The number of hydrogen-bond donors (Lipinski definition) is 3. The highest BCUT2D eigenvalue weighted by molar-refractivity contribution is 5.78. The molecule has 106 valence electrons. The van der Waals surface area contributed by atoms with E-state index in [1.54, 1.807) is 0 Å². The minimum absolute atomic E-state index is 0.163. The Balaban J connectivity index is 1.67. The van der Waals surface area contributed by atoms with Crippen LogP contribution in [0.1, 0.15) is 29.2 Å². The number of H-pyrrole nitrogens is 2. The number of aromatic amines is 2. The summed E-state index contributed by atoms with van der Waals surface area (Å²) in [5.41, 5.74) is 6.70. The van der Waals surface area contributed by atoms with Crippen LogP contribution in [0.2, 0.25) is 0 Å². The number of benzene rings is 2. The Bertz CT molecular complexity index is 875. The standard InChI is InChI=1S/C17H17N3O/c1-10-2-3-11-4-6-14(13(11)8-10)18-12-5-7-15-16(9-12)20-17(21)19-15/h2-3,5,7-9,14,18H,4,6H2,1H3,(H2,19,20,21). The van der Waals surface area contributed by atoms with Crippen LogP contribution >= 0.6 is 0 Å². The van der Waals surface area contributed by atoms with Gasteiger partial charge in [0.25, 0.3) is 0 Å². The molecule has 0 saturated heterocycles. The number of nitrogens with one attached hydrogen (secondary N) is 3. The molecule has 0 amide bonds. The molecular formula is C17H17N3O. The third-order valence-electron chi connectivity index (χ3n) is 4.24. The van der Waals surface area contributed by atoms with Gasteiger partial charge in [0.05, 0.1) is 17.1 Å². The smallest absolute Gasteiger partial charge is 0.323 e. The lowest BCUT2D eigenvalue weighted by molar-refractivity contribution is 0.762. The van der Waals surface area contributed by atoms with Crippen LogP contribution in [-0.4, -0.2) is 9.97 Å². The predicted octanol–water partition coefficient (Wildman–Crippen LogP) is 3.26. The van der Waals surface area contributed by atoms with Crippen molar-refractivity contribution in [1.82, 2.24) is 9.97 Å². The summed E-state index contributed by atoms with van der Waals surface area (Å²) >= 11 is 0. The van der Waals surface area contributed by atoms with E-state index in [1.807, 2.05) is 18.2 Å². The van der Waals surface area contributed by atoms with Crippen LogP contribution in [0.3, 0.4) is 0 Å². The lowest BCUT2D eigenvalue weighted by atomic mass is 10.0. The van der Waals surface area contributed by atoms with Gasteiger partial charge in [0, 0.05) is 5.69 Å². The minimum atomic E-state index is -0.163. The minimum Gasteiger partial charge on any atom is -0.378 e. The maximum Gasteiger partial charge on any atom is 0.323 e. The van der Waals surface area contributed by atoms with Crippen LogP contribution in [0, 0.1) is 6.92 Å². The summed E-state index contributed by atoms with van der Waals surface area (Å²) in [6.45, 7) is 2.13. The Kier molecular flexibility index (Phi) is 2.64. The van der Waals surface area contributed by atoms with Gasteiger partial charge in [-0.2, -0.15) is 0 Å². The first-order valence-electron chi connectivity index (χ1n) is 7.27. The third kappa shape index (κ3) is 2.13. The summed E-state index contributed by atoms with van der Waals surface area (Å²) in [5, 5.41) is 3.59. The van der Waals surface area contributed by atoms with Gasteiger partial charge in [-0.25, -0.2) is 4.79 Å². The highest BCUT2D eigenvalue weighted by Crippen LogP contribution is 2.34. The highest BCUT2D eigenvalue weighted by atomic mass is 16.1. The van der Waals surface area contributed by atoms with E-state index >= 15 is 0 Å². The van der Waals surface area contributed by atoms with Gasteiger partial charge in [-0.05, 0) is 49.1 Å². The molecule has 0 aliphatic heterocycles. The third-order valence-corrected chi connectivity index (χ3v) is 4.24. The molecule has 1 unspecified atom stereocenters. The van der Waals surface area contributed by atoms with Crippen LogP contribution in [0.5, 0.6) is 0 Å². The number of aromatic nitrogens is 2. The number of aryl methyl sites for hydroxylation is 2. The molecule has 2 aromatic carbocycles. The molecule has 1 atom stereocenters. The van der Waals surface area contributed by atoms with Crippen molar-refractivity contribution < 1.29 is 0 Å². The maximum absolute atomic E-state index is 11.3. The highest BCUT2D eigenvalue weighted by Gasteiger charge is 2.22. The molecule has 1 aromatic heterocycles. The molecule has 4 nitrogen and oxygen atoms in total. The Hall–Kier alpha value is -2.49. The lowest BCUT2D eigenvalue weighted by Gasteiger charge is -2.16. The molecule has 0 radical (unpaired) electrons. The van der Waals surface area contributed by atoms with E-state index < -0.39 is 0 Å². The Labute approximate surface area is 122 Å². The zero-order valence-corrected chi connectivity index (χ0v) is 11.9. The number of imidazole rings is 1. The van der Waals surface area contributed by atoms with E-state index in [1.165, 1.54) is 16.7 Å². The van der Waals surface area contributed by atoms with Crippen molar-refractivity contribution in [3.8, 4) is 0 Å². The first-order chi connectivity index (χ1) is 10.2. The van der Waals surface area contributed by atoms with E-state index in [-0.39, 0.29) is 5.69 Å². The molecule has 1 aliphatic carbocycles. The molecule has 0 bridgehead atoms. The number of rotatable bonds is 2. The molecule has 1 aliphatic rings. The molecule has 4 rings (SSSR count). The first-order valence-corrected chi connectivity index (χ1v) is 7.27. The van der Waals surface area contributed by atoms with Crippen LogP contribution in [0.4, 0.5) is 5.69 Å². The van der Waals surface area contributed by atoms with Crippen LogP contribution in [0.15, 0.2) is 41.2 Å². The molecular weight excluding hydrogens is 262 g/mol. The summed E-state index contributed by atoms with van der Waals surface area (Å²) in [4.78, 5) is 16.9. The second-order valence-electron chi connectivity index (χ2n) is 5.78. The van der Waals surface area contributed by atoms with Gasteiger partial charge in [-0.3, -0.25) is 0 Å². The summed E-state index contributed by atoms with van der Waals surface area (Å²) in [6, 6.07) is 13.0. The van der Waals surface area contributed by atoms with Crippen molar-refractivity contribution in [3.63, 3.8) is 0 Å². The van der Waals surface area contributed by atoms with Gasteiger partial charge in [-0.1, -0.05) is 23.8 Å². The van der Waals surface area contributed by atoms with E-state index in [0.717, 1.165) is 29.6 Å². The van der Waals surface area contributed by atoms with E-state index in [4.69, 9.17) is 0 Å². The first kappa shape index (κ1) is 12.3. The number of anilines is 1. The molecule has 0 saturated carbocycles. The SMILES string of the molecule is Cc1ccc2c(c1)C(Nc1ccc3[nH]c(=O)[nH]c3c1)CC2. The van der Waals surface area contributed by atoms with Gasteiger partial charge in [0.2, 0.25) is 0 Å². The molecule has 0 fully saturated rings. The Morgan fingerprint density at radius 2 is 1.95 bits per heavy atom. The van der Waals surface area contributed by atoms with Gasteiger partial charge >= 0.3 is 5.69 Å². The van der Waals surface area contributed by atoms with Gasteiger partial charge in [-0.15, -0.1) is 0 Å². The fourth-order valence-corrected chi connectivity index (χ4v) is 3.20. The largest absolute Gasteiger partial charge is 0.378 e. The van der Waals surface area contributed by atoms with Gasteiger partial charge in [0.1, 0.15) is 0 Å². The molecule has 3 aromatic rings. The monoisotopic (exact) mass is 279 g/mol. The van der Waals surface area contributed by atoms with E-state index in [0.29, 0.717) is 6.04 Å². The zero-order chi connectivity index (χ0) is 14.4. The van der Waals surface area contributed by atoms with Crippen molar-refractivity contribution in [2.45, 2.75) is 25.8 Å². The van der Waals surface area contributed by atoms with Crippen LogP contribution < -0.4 is 11.0 Å². The Morgan fingerprint density at radius 3 is 2.86 bits per heavy atom. The van der Waals surface area contributed by atoms with Crippen LogP contribution in [-0.2, 0) is 6.42 Å². The fourth-order valence-electron chi connectivity index (χ4n) is 3.20. The quantitative estimate of drug-likeness (QED) is 0.674. The zero-order valence-electron chi connectivity index (χ0n) is 11.9. The van der Waals surface area contributed by atoms with Crippen LogP contribution in [0.25, 0.3) is 11.0 Å². The molecule has 4 heteroatoms. The maximum atomic E-state index is 11.3. The van der Waals surface area contributed by atoms with Crippen molar-refractivity contribution in [3.05, 3.63) is 63.6 Å². The van der Waals surface area contributed by atoms with Crippen molar-refractivity contribution in [1.29, 1.82) is 0 Å². The second kappa shape index (κ2) is 4.52. The van der Waals surface area contributed by atoms with Gasteiger partial charge < -0.3 is 15.3 Å². The number of hydrogen-bond acceptors (Lipinski definition) is 2. The molecule has 1 heterocycles. The summed E-state index contributed by atoms with van der Waals surface area (Å²) in [7, 11) is 0. The van der Waals surface area contributed by atoms with E-state index in [2.05, 4.69) is 40.4 Å². The topological polar surface area (TPSA) is 60.7 Å². The van der Waals surface area contributed by atoms with Gasteiger partial charge in [0.15, 0.2) is 0 Å².